The third-order valence-electron chi connectivity index (χ3n) is 3.17. The first-order valence-electron chi connectivity index (χ1n) is 6.54. The molecule has 0 aliphatic carbocycles. The van der Waals surface area contributed by atoms with E-state index < -0.39 is 5.97 Å². The molecule has 6 nitrogen and oxygen atoms in total. The summed E-state index contributed by atoms with van der Waals surface area (Å²) in [4.78, 5) is 35.6. The Bertz CT molecular complexity index is 588. The molecule has 2 N–H and O–H groups in total. The number of carboxylic acid groups (broad SMARTS) is 1. The zero-order valence-corrected chi connectivity index (χ0v) is 12.9. The second kappa shape index (κ2) is 6.71. The number of carbonyl (C=O) groups is 3. The van der Waals surface area contributed by atoms with Crippen molar-refractivity contribution in [1.29, 1.82) is 0 Å². The molecule has 2 rings (SSSR count). The van der Waals surface area contributed by atoms with Crippen molar-refractivity contribution in [3.63, 3.8) is 0 Å². The standard InChI is InChI=1S/C14H15BrN2O4/c15-10-3-4-11-9(6-10)7-13(19)17(11)8-12(18)16-5-1-2-14(20)21/h3-4,6H,1-2,5,7-8H2,(H,16,18)(H,20,21). The first kappa shape index (κ1) is 15.5. The van der Waals surface area contributed by atoms with Crippen LogP contribution in [-0.4, -0.2) is 36.0 Å². The number of rotatable bonds is 6. The van der Waals surface area contributed by atoms with Crippen LogP contribution in [0.4, 0.5) is 5.69 Å². The lowest BCUT2D eigenvalue weighted by Crippen LogP contribution is -2.39. The number of aliphatic carboxylic acids is 1. The lowest BCUT2D eigenvalue weighted by Gasteiger charge is -2.17. The fourth-order valence-corrected chi connectivity index (χ4v) is 2.60. The number of benzene rings is 1. The highest BCUT2D eigenvalue weighted by atomic mass is 79.9. The average molecular weight is 355 g/mol. The number of halogens is 1. The molecule has 0 spiro atoms. The fraction of sp³-hybridized carbons (Fsp3) is 0.357. The van der Waals surface area contributed by atoms with Crippen LogP contribution in [0.25, 0.3) is 0 Å². The van der Waals surface area contributed by atoms with Gasteiger partial charge in [-0.1, -0.05) is 15.9 Å². The quantitative estimate of drug-likeness (QED) is 0.754. The van der Waals surface area contributed by atoms with E-state index in [4.69, 9.17) is 5.11 Å². The maximum absolute atomic E-state index is 12.0. The van der Waals surface area contributed by atoms with Crippen molar-refractivity contribution in [2.45, 2.75) is 19.3 Å². The van der Waals surface area contributed by atoms with E-state index in [1.807, 2.05) is 18.2 Å². The van der Waals surface area contributed by atoms with Crippen molar-refractivity contribution in [2.75, 3.05) is 18.0 Å². The highest BCUT2D eigenvalue weighted by molar-refractivity contribution is 9.10. The summed E-state index contributed by atoms with van der Waals surface area (Å²) in [6, 6.07) is 5.51. The Kier molecular flexibility index (Phi) is 4.95. The molecule has 7 heteroatoms. The molecule has 0 radical (unpaired) electrons. The minimum Gasteiger partial charge on any atom is -0.481 e. The molecule has 0 saturated heterocycles. The first-order chi connectivity index (χ1) is 9.97. The van der Waals surface area contributed by atoms with E-state index in [-0.39, 0.29) is 24.8 Å². The van der Waals surface area contributed by atoms with Crippen LogP contribution in [0.5, 0.6) is 0 Å². The van der Waals surface area contributed by atoms with E-state index in [0.29, 0.717) is 19.4 Å². The van der Waals surface area contributed by atoms with Crippen LogP contribution in [0.1, 0.15) is 18.4 Å². The topological polar surface area (TPSA) is 86.7 Å². The molecule has 1 aliphatic heterocycles. The average Bonchev–Trinajstić information content (AvgIpc) is 2.70. The van der Waals surface area contributed by atoms with E-state index >= 15 is 0 Å². The Labute approximate surface area is 130 Å². The number of carboxylic acids is 1. The summed E-state index contributed by atoms with van der Waals surface area (Å²) in [6.07, 6.45) is 0.680. The van der Waals surface area contributed by atoms with E-state index in [1.165, 1.54) is 4.90 Å². The first-order valence-corrected chi connectivity index (χ1v) is 7.34. The highest BCUT2D eigenvalue weighted by Gasteiger charge is 2.28. The van der Waals surface area contributed by atoms with E-state index in [0.717, 1.165) is 15.7 Å². The normalized spacial score (nSPS) is 13.2. The molecule has 2 amide bonds. The SMILES string of the molecule is O=C(O)CCCNC(=O)CN1C(=O)Cc2cc(Br)ccc21. The minimum atomic E-state index is -0.890. The van der Waals surface area contributed by atoms with Gasteiger partial charge in [0.2, 0.25) is 11.8 Å². The third kappa shape index (κ3) is 4.04. The van der Waals surface area contributed by atoms with Crippen LogP contribution >= 0.6 is 15.9 Å². The van der Waals surface area contributed by atoms with Gasteiger partial charge in [0.1, 0.15) is 6.54 Å². The summed E-state index contributed by atoms with van der Waals surface area (Å²) in [6.45, 7) is 0.251. The van der Waals surface area contributed by atoms with Crippen molar-refractivity contribution < 1.29 is 19.5 Å². The van der Waals surface area contributed by atoms with E-state index in [9.17, 15) is 14.4 Å². The van der Waals surface area contributed by atoms with Crippen molar-refractivity contribution >= 4 is 39.4 Å². The molecule has 0 bridgehead atoms. The number of amides is 2. The van der Waals surface area contributed by atoms with Crippen molar-refractivity contribution in [2.24, 2.45) is 0 Å². The molecule has 0 fully saturated rings. The number of nitrogens with one attached hydrogen (secondary N) is 1. The molecule has 1 aromatic rings. The van der Waals surface area contributed by atoms with E-state index in [2.05, 4.69) is 21.2 Å². The molecule has 0 unspecified atom stereocenters. The number of nitrogens with zero attached hydrogens (tertiary/aromatic N) is 1. The van der Waals surface area contributed by atoms with Gasteiger partial charge in [0.05, 0.1) is 6.42 Å². The Morgan fingerprint density at radius 2 is 2.14 bits per heavy atom. The largest absolute Gasteiger partial charge is 0.481 e. The van der Waals surface area contributed by atoms with Gasteiger partial charge in [0.25, 0.3) is 0 Å². The lowest BCUT2D eigenvalue weighted by molar-refractivity contribution is -0.137. The number of hydrogen-bond donors (Lipinski definition) is 2. The third-order valence-corrected chi connectivity index (χ3v) is 3.66. The molecule has 1 aliphatic rings. The lowest BCUT2D eigenvalue weighted by atomic mass is 10.2. The van der Waals surface area contributed by atoms with Crippen molar-refractivity contribution in [3.05, 3.63) is 28.2 Å². The van der Waals surface area contributed by atoms with Gasteiger partial charge < -0.3 is 15.3 Å². The molecule has 21 heavy (non-hydrogen) atoms. The van der Waals surface area contributed by atoms with Crippen LogP contribution in [0.15, 0.2) is 22.7 Å². The van der Waals surface area contributed by atoms with Gasteiger partial charge in [0, 0.05) is 23.1 Å². The number of carbonyl (C=O) groups excluding carboxylic acids is 2. The molecule has 0 aromatic heterocycles. The van der Waals surface area contributed by atoms with Crippen LogP contribution in [-0.2, 0) is 20.8 Å². The fourth-order valence-electron chi connectivity index (χ4n) is 2.19. The molecule has 112 valence electrons. The summed E-state index contributed by atoms with van der Waals surface area (Å²) in [5.41, 5.74) is 1.65. The Balaban J connectivity index is 1.90. The van der Waals surface area contributed by atoms with Gasteiger partial charge in [-0.2, -0.15) is 0 Å². The summed E-state index contributed by atoms with van der Waals surface area (Å²) >= 11 is 3.35. The molecular formula is C14H15BrN2O4. The zero-order chi connectivity index (χ0) is 15.4. The minimum absolute atomic E-state index is 0.0137. The van der Waals surface area contributed by atoms with Crippen LogP contribution < -0.4 is 10.2 Å². The van der Waals surface area contributed by atoms with Crippen molar-refractivity contribution in [3.8, 4) is 0 Å². The molecule has 0 atom stereocenters. The number of fused-ring (bicyclic) bond motifs is 1. The molecule has 1 aromatic carbocycles. The molecule has 1 heterocycles. The van der Waals surface area contributed by atoms with Crippen LogP contribution in [0.3, 0.4) is 0 Å². The van der Waals surface area contributed by atoms with Crippen LogP contribution in [0.2, 0.25) is 0 Å². The van der Waals surface area contributed by atoms with Crippen molar-refractivity contribution in [1.82, 2.24) is 5.32 Å². The van der Waals surface area contributed by atoms with Gasteiger partial charge in [-0.3, -0.25) is 14.4 Å². The van der Waals surface area contributed by atoms with Gasteiger partial charge in [-0.05, 0) is 30.2 Å². The summed E-state index contributed by atoms with van der Waals surface area (Å²) in [5.74, 6) is -1.29. The molecular weight excluding hydrogens is 340 g/mol. The Hall–Kier alpha value is -1.89. The predicted octanol–water partition coefficient (Wildman–Crippen LogP) is 1.32. The molecule has 0 saturated carbocycles. The van der Waals surface area contributed by atoms with Crippen LogP contribution in [0, 0.1) is 0 Å². The summed E-state index contributed by atoms with van der Waals surface area (Å²) < 4.78 is 0.897. The predicted molar refractivity (Wildman–Crippen MR) is 80.1 cm³/mol. The van der Waals surface area contributed by atoms with Gasteiger partial charge in [-0.25, -0.2) is 0 Å². The summed E-state index contributed by atoms with van der Waals surface area (Å²) in [5, 5.41) is 11.1. The van der Waals surface area contributed by atoms with Gasteiger partial charge >= 0.3 is 5.97 Å². The van der Waals surface area contributed by atoms with E-state index in [1.54, 1.807) is 0 Å². The monoisotopic (exact) mass is 354 g/mol. The summed E-state index contributed by atoms with van der Waals surface area (Å²) in [7, 11) is 0. The number of anilines is 1. The second-order valence-corrected chi connectivity index (χ2v) is 5.69. The highest BCUT2D eigenvalue weighted by Crippen LogP contribution is 2.30. The Morgan fingerprint density at radius 1 is 1.38 bits per heavy atom. The zero-order valence-electron chi connectivity index (χ0n) is 11.3. The van der Waals surface area contributed by atoms with Gasteiger partial charge in [0.15, 0.2) is 0 Å². The second-order valence-electron chi connectivity index (χ2n) is 4.78. The smallest absolute Gasteiger partial charge is 0.303 e. The number of hydrogen-bond acceptors (Lipinski definition) is 3. The maximum atomic E-state index is 12.0. The van der Waals surface area contributed by atoms with Gasteiger partial charge in [-0.15, -0.1) is 0 Å². The Morgan fingerprint density at radius 3 is 2.86 bits per heavy atom. The maximum Gasteiger partial charge on any atom is 0.303 e.